The Labute approximate surface area is 161 Å². The van der Waals surface area contributed by atoms with Crippen molar-refractivity contribution in [3.8, 4) is 5.75 Å². The fourth-order valence-corrected chi connectivity index (χ4v) is 3.56. The number of H-pyrrole nitrogens is 1. The number of nitrogens with zero attached hydrogens (tertiary/aromatic N) is 2. The lowest BCUT2D eigenvalue weighted by molar-refractivity contribution is -0.119. The first-order valence-corrected chi connectivity index (χ1v) is 9.50. The van der Waals surface area contributed by atoms with Crippen molar-refractivity contribution >= 4 is 28.7 Å². The monoisotopic (exact) mass is 386 g/mol. The van der Waals surface area contributed by atoms with E-state index in [1.165, 1.54) is 16.3 Å². The first-order chi connectivity index (χ1) is 12.9. The Kier molecular flexibility index (Phi) is 5.55. The van der Waals surface area contributed by atoms with Crippen LogP contribution in [0.2, 0.25) is 0 Å². The number of amides is 1. The van der Waals surface area contributed by atoms with Crippen LogP contribution in [0.25, 0.3) is 11.0 Å². The molecule has 0 radical (unpaired) electrons. The molecule has 0 unspecified atom stereocenters. The Bertz CT molecular complexity index is 1020. The van der Waals surface area contributed by atoms with Gasteiger partial charge in [0.2, 0.25) is 5.91 Å². The normalized spacial score (nSPS) is 12.1. The molecule has 0 bridgehead atoms. The Morgan fingerprint density at radius 2 is 2.07 bits per heavy atom. The van der Waals surface area contributed by atoms with Gasteiger partial charge in [-0.2, -0.15) is 0 Å². The topological polar surface area (TPSA) is 89.0 Å². The van der Waals surface area contributed by atoms with Gasteiger partial charge in [0.15, 0.2) is 5.16 Å². The number of ether oxygens (including phenoxy) is 1. The Balaban J connectivity index is 1.65. The minimum absolute atomic E-state index is 0.122. The molecule has 2 aromatic heterocycles. The number of nitrogens with one attached hydrogen (secondary N) is 2. The summed E-state index contributed by atoms with van der Waals surface area (Å²) < 4.78 is 6.60. The van der Waals surface area contributed by atoms with Gasteiger partial charge < -0.3 is 15.0 Å². The number of methoxy groups -OCH3 is 1. The molecule has 27 heavy (non-hydrogen) atoms. The number of rotatable bonds is 6. The second kappa shape index (κ2) is 7.87. The van der Waals surface area contributed by atoms with Gasteiger partial charge in [0.05, 0.1) is 24.4 Å². The highest BCUT2D eigenvalue weighted by Crippen LogP contribution is 2.19. The molecule has 2 N–H and O–H groups in total. The smallest absolute Gasteiger partial charge is 0.278 e. The summed E-state index contributed by atoms with van der Waals surface area (Å²) in [5.41, 5.74) is 2.82. The third-order valence-electron chi connectivity index (χ3n) is 4.28. The molecule has 0 saturated carbocycles. The minimum atomic E-state index is -0.150. The molecule has 0 saturated heterocycles. The number of hydrogen-bond acceptors (Lipinski definition) is 5. The van der Waals surface area contributed by atoms with E-state index in [4.69, 9.17) is 4.74 Å². The van der Waals surface area contributed by atoms with Gasteiger partial charge in [-0.3, -0.25) is 14.2 Å². The van der Waals surface area contributed by atoms with Crippen LogP contribution in [0.5, 0.6) is 5.75 Å². The summed E-state index contributed by atoms with van der Waals surface area (Å²) in [5.74, 6) is 0.827. The quantitative estimate of drug-likeness (QED) is 0.502. The van der Waals surface area contributed by atoms with Gasteiger partial charge in [-0.1, -0.05) is 23.9 Å². The Morgan fingerprint density at radius 3 is 2.74 bits per heavy atom. The molecule has 0 aliphatic heterocycles. The van der Waals surface area contributed by atoms with Gasteiger partial charge in [0.25, 0.3) is 5.56 Å². The molecule has 1 aromatic carbocycles. The number of carbonyl (C=O) groups excluding carboxylic acids is 1. The highest BCUT2D eigenvalue weighted by molar-refractivity contribution is 7.99. The molecule has 8 heteroatoms. The van der Waals surface area contributed by atoms with E-state index in [2.05, 4.69) is 15.3 Å². The lowest BCUT2D eigenvalue weighted by Gasteiger charge is -2.15. The molecule has 0 fully saturated rings. The van der Waals surface area contributed by atoms with Crippen molar-refractivity contribution in [1.29, 1.82) is 0 Å². The predicted molar refractivity (Wildman–Crippen MR) is 106 cm³/mol. The van der Waals surface area contributed by atoms with Gasteiger partial charge >= 0.3 is 0 Å². The highest BCUT2D eigenvalue weighted by atomic mass is 32.2. The van der Waals surface area contributed by atoms with Crippen LogP contribution in [0, 0.1) is 6.92 Å². The van der Waals surface area contributed by atoms with E-state index >= 15 is 0 Å². The van der Waals surface area contributed by atoms with Crippen LogP contribution in [0.15, 0.2) is 40.3 Å². The number of aromatic amines is 1. The summed E-state index contributed by atoms with van der Waals surface area (Å²) in [6.45, 7) is 3.80. The molecule has 7 nitrogen and oxygen atoms in total. The lowest BCUT2D eigenvalue weighted by Crippen LogP contribution is -2.28. The standard InChI is InChI=1S/C19H22N4O3S/c1-11-9-15-17(20-11)18(25)23(3)19(22-15)27-10-16(24)21-12(2)13-5-7-14(26-4)8-6-13/h5-9,12,20H,10H2,1-4H3,(H,21,24)/t12-/m1/s1. The number of hydrogen-bond donors (Lipinski definition) is 2. The van der Waals surface area contributed by atoms with E-state index in [-0.39, 0.29) is 23.3 Å². The van der Waals surface area contributed by atoms with Crippen molar-refractivity contribution in [3.05, 3.63) is 51.9 Å². The molecular weight excluding hydrogens is 364 g/mol. The summed E-state index contributed by atoms with van der Waals surface area (Å²) in [6, 6.07) is 9.26. The SMILES string of the molecule is COc1ccc([C@@H](C)NC(=O)CSc2nc3cc(C)[nH]c3c(=O)n2C)cc1. The molecule has 2 heterocycles. The average Bonchev–Trinajstić information content (AvgIpc) is 3.04. The Hall–Kier alpha value is -2.74. The van der Waals surface area contributed by atoms with Crippen LogP contribution in [0.4, 0.5) is 0 Å². The van der Waals surface area contributed by atoms with E-state index in [1.54, 1.807) is 14.2 Å². The predicted octanol–water partition coefficient (Wildman–Crippen LogP) is 2.55. The Morgan fingerprint density at radius 1 is 1.37 bits per heavy atom. The maximum atomic E-state index is 12.4. The first kappa shape index (κ1) is 19.0. The van der Waals surface area contributed by atoms with Gasteiger partial charge in [-0.25, -0.2) is 4.98 Å². The van der Waals surface area contributed by atoms with E-state index in [0.29, 0.717) is 16.2 Å². The number of benzene rings is 1. The van der Waals surface area contributed by atoms with Crippen molar-refractivity contribution in [2.45, 2.75) is 25.0 Å². The molecule has 3 rings (SSSR count). The summed E-state index contributed by atoms with van der Waals surface area (Å²) in [5, 5.41) is 3.47. The first-order valence-electron chi connectivity index (χ1n) is 8.51. The molecule has 1 atom stereocenters. The average molecular weight is 386 g/mol. The number of fused-ring (bicyclic) bond motifs is 1. The second-order valence-corrected chi connectivity index (χ2v) is 7.26. The fourth-order valence-electron chi connectivity index (χ4n) is 2.78. The number of aryl methyl sites for hydroxylation is 1. The number of thioether (sulfide) groups is 1. The molecule has 3 aromatic rings. The van der Waals surface area contributed by atoms with Crippen molar-refractivity contribution in [2.75, 3.05) is 12.9 Å². The lowest BCUT2D eigenvalue weighted by atomic mass is 10.1. The van der Waals surface area contributed by atoms with Crippen LogP contribution >= 0.6 is 11.8 Å². The van der Waals surface area contributed by atoms with E-state index in [1.807, 2.05) is 44.2 Å². The third-order valence-corrected chi connectivity index (χ3v) is 5.31. The van der Waals surface area contributed by atoms with E-state index in [0.717, 1.165) is 17.0 Å². The molecule has 1 amide bonds. The zero-order chi connectivity index (χ0) is 19.6. The van der Waals surface area contributed by atoms with Crippen LogP contribution in [-0.4, -0.2) is 33.3 Å². The van der Waals surface area contributed by atoms with Gasteiger partial charge in [0, 0.05) is 12.7 Å². The van der Waals surface area contributed by atoms with Gasteiger partial charge in [0.1, 0.15) is 11.3 Å². The number of carbonyl (C=O) groups is 1. The van der Waals surface area contributed by atoms with E-state index in [9.17, 15) is 9.59 Å². The van der Waals surface area contributed by atoms with Crippen LogP contribution < -0.4 is 15.6 Å². The van der Waals surface area contributed by atoms with Gasteiger partial charge in [-0.05, 0) is 37.6 Å². The maximum absolute atomic E-state index is 12.4. The highest BCUT2D eigenvalue weighted by Gasteiger charge is 2.14. The summed E-state index contributed by atoms with van der Waals surface area (Å²) >= 11 is 1.24. The van der Waals surface area contributed by atoms with Crippen LogP contribution in [0.1, 0.15) is 24.2 Å². The van der Waals surface area contributed by atoms with Crippen molar-refractivity contribution in [1.82, 2.24) is 19.9 Å². The zero-order valence-electron chi connectivity index (χ0n) is 15.7. The fraction of sp³-hybridized carbons (Fsp3) is 0.316. The molecule has 0 aliphatic rings. The van der Waals surface area contributed by atoms with Crippen LogP contribution in [-0.2, 0) is 11.8 Å². The maximum Gasteiger partial charge on any atom is 0.278 e. The molecular formula is C19H22N4O3S. The summed E-state index contributed by atoms with van der Waals surface area (Å²) in [4.78, 5) is 32.2. The third kappa shape index (κ3) is 4.16. The van der Waals surface area contributed by atoms with Gasteiger partial charge in [-0.15, -0.1) is 0 Å². The molecule has 0 aliphatic carbocycles. The largest absolute Gasteiger partial charge is 0.497 e. The summed E-state index contributed by atoms with van der Waals surface area (Å²) in [7, 11) is 3.27. The van der Waals surface area contributed by atoms with Crippen molar-refractivity contribution in [2.24, 2.45) is 7.05 Å². The number of aromatic nitrogens is 3. The van der Waals surface area contributed by atoms with Crippen molar-refractivity contribution in [3.63, 3.8) is 0 Å². The van der Waals surface area contributed by atoms with Crippen molar-refractivity contribution < 1.29 is 9.53 Å². The summed E-state index contributed by atoms with van der Waals surface area (Å²) in [6.07, 6.45) is 0. The van der Waals surface area contributed by atoms with Crippen LogP contribution in [0.3, 0.4) is 0 Å². The van der Waals surface area contributed by atoms with E-state index < -0.39 is 0 Å². The second-order valence-electron chi connectivity index (χ2n) is 6.32. The minimum Gasteiger partial charge on any atom is -0.497 e. The molecule has 0 spiro atoms. The molecule has 142 valence electrons. The zero-order valence-corrected chi connectivity index (χ0v) is 16.5.